The van der Waals surface area contributed by atoms with Crippen molar-refractivity contribution in [1.29, 1.82) is 0 Å². The van der Waals surface area contributed by atoms with Crippen LogP contribution < -0.4 is 0 Å². The summed E-state index contributed by atoms with van der Waals surface area (Å²) in [5, 5.41) is 9.21. The highest BCUT2D eigenvalue weighted by atomic mass is 16.3. The molecule has 0 unspecified atom stereocenters. The minimum atomic E-state index is 0.00926. The van der Waals surface area contributed by atoms with Gasteiger partial charge in [-0.15, -0.1) is 0 Å². The molecule has 1 fully saturated rings. The lowest BCUT2D eigenvalue weighted by atomic mass is 9.81. The van der Waals surface area contributed by atoms with Gasteiger partial charge in [-0.1, -0.05) is 47.0 Å². The molecular formula is C14H30O. The first-order chi connectivity index (χ1) is 7.11. The van der Waals surface area contributed by atoms with Crippen molar-refractivity contribution >= 4 is 0 Å². The lowest BCUT2D eigenvalue weighted by Gasteiger charge is -2.27. The Kier molecular flexibility index (Phi) is 9.18. The Morgan fingerprint density at radius 2 is 1.47 bits per heavy atom. The summed E-state index contributed by atoms with van der Waals surface area (Å²) in [5.41, 5.74) is 0. The molecule has 0 atom stereocenters. The second-order valence-electron chi connectivity index (χ2n) is 5.17. The molecule has 0 aromatic rings. The van der Waals surface area contributed by atoms with Gasteiger partial charge in [-0.05, 0) is 37.5 Å². The zero-order valence-corrected chi connectivity index (χ0v) is 11.1. The molecular weight excluding hydrogens is 184 g/mol. The van der Waals surface area contributed by atoms with Gasteiger partial charge in [-0.25, -0.2) is 0 Å². The van der Waals surface area contributed by atoms with Crippen molar-refractivity contribution < 1.29 is 5.11 Å². The highest BCUT2D eigenvalue weighted by molar-refractivity contribution is 4.73. The maximum Gasteiger partial charge on any atom is 0.0540 e. The van der Waals surface area contributed by atoms with E-state index in [1.807, 2.05) is 0 Å². The third kappa shape index (κ3) is 7.84. The Morgan fingerprint density at radius 1 is 1.00 bits per heavy atom. The third-order valence-electron chi connectivity index (χ3n) is 3.39. The standard InChI is InChI=1S/C9H18O.C5H12/c1-7(2)8-3-5-9(10)6-4-8;1-3-5-4-2/h7-10H,3-6H2,1-2H3;3-5H2,1-2H3. The van der Waals surface area contributed by atoms with Crippen LogP contribution in [0.4, 0.5) is 0 Å². The van der Waals surface area contributed by atoms with Crippen molar-refractivity contribution in [2.45, 2.75) is 78.7 Å². The van der Waals surface area contributed by atoms with E-state index in [0.29, 0.717) is 0 Å². The molecule has 1 heteroatoms. The molecule has 0 aromatic heterocycles. The largest absolute Gasteiger partial charge is 0.393 e. The molecule has 0 heterocycles. The highest BCUT2D eigenvalue weighted by Crippen LogP contribution is 2.29. The van der Waals surface area contributed by atoms with Crippen molar-refractivity contribution in [3.05, 3.63) is 0 Å². The zero-order chi connectivity index (χ0) is 11.7. The SMILES string of the molecule is CC(C)C1CCC(O)CC1.CCCCC. The summed E-state index contributed by atoms with van der Waals surface area (Å²) >= 11 is 0. The summed E-state index contributed by atoms with van der Waals surface area (Å²) in [6.45, 7) is 8.98. The Hall–Kier alpha value is -0.0400. The summed E-state index contributed by atoms with van der Waals surface area (Å²) in [6.07, 6.45) is 8.62. The van der Waals surface area contributed by atoms with Crippen LogP contribution >= 0.6 is 0 Å². The monoisotopic (exact) mass is 214 g/mol. The second-order valence-corrected chi connectivity index (χ2v) is 5.17. The second kappa shape index (κ2) is 9.21. The van der Waals surface area contributed by atoms with E-state index in [-0.39, 0.29) is 6.10 Å². The maximum absolute atomic E-state index is 9.21. The van der Waals surface area contributed by atoms with Crippen molar-refractivity contribution in [2.24, 2.45) is 11.8 Å². The molecule has 0 aliphatic heterocycles. The molecule has 0 spiro atoms. The van der Waals surface area contributed by atoms with Gasteiger partial charge in [0, 0.05) is 0 Å². The average Bonchev–Trinajstić information content (AvgIpc) is 2.20. The third-order valence-corrected chi connectivity index (χ3v) is 3.39. The van der Waals surface area contributed by atoms with Gasteiger partial charge in [0.15, 0.2) is 0 Å². The van der Waals surface area contributed by atoms with Gasteiger partial charge in [0.1, 0.15) is 0 Å². The van der Waals surface area contributed by atoms with E-state index in [9.17, 15) is 5.11 Å². The minimum absolute atomic E-state index is 0.00926. The quantitative estimate of drug-likeness (QED) is 0.738. The molecule has 92 valence electrons. The van der Waals surface area contributed by atoms with E-state index in [2.05, 4.69) is 27.7 Å². The van der Waals surface area contributed by atoms with E-state index in [4.69, 9.17) is 0 Å². The molecule has 0 amide bonds. The van der Waals surface area contributed by atoms with E-state index < -0.39 is 0 Å². The Bertz CT molecular complexity index is 121. The molecule has 1 aliphatic rings. The van der Waals surface area contributed by atoms with Crippen molar-refractivity contribution in [2.75, 3.05) is 0 Å². The summed E-state index contributed by atoms with van der Waals surface area (Å²) in [4.78, 5) is 0. The molecule has 1 aliphatic carbocycles. The maximum atomic E-state index is 9.21. The van der Waals surface area contributed by atoms with Crippen molar-refractivity contribution in [1.82, 2.24) is 0 Å². The summed E-state index contributed by atoms with van der Waals surface area (Å²) in [5.74, 6) is 1.69. The normalized spacial score (nSPS) is 26.0. The molecule has 0 radical (unpaired) electrons. The van der Waals surface area contributed by atoms with Gasteiger partial charge >= 0.3 is 0 Å². The highest BCUT2D eigenvalue weighted by Gasteiger charge is 2.21. The molecule has 0 aromatic carbocycles. The molecule has 0 saturated heterocycles. The van der Waals surface area contributed by atoms with Gasteiger partial charge in [0.2, 0.25) is 0 Å². The number of rotatable bonds is 3. The lowest BCUT2D eigenvalue weighted by molar-refractivity contribution is 0.0963. The minimum Gasteiger partial charge on any atom is -0.393 e. The van der Waals surface area contributed by atoms with Crippen LogP contribution in [-0.2, 0) is 0 Å². The first-order valence-corrected chi connectivity index (χ1v) is 6.79. The van der Waals surface area contributed by atoms with E-state index in [0.717, 1.165) is 24.7 Å². The Labute approximate surface area is 96.3 Å². The van der Waals surface area contributed by atoms with Crippen LogP contribution in [0.1, 0.15) is 72.6 Å². The predicted molar refractivity (Wildman–Crippen MR) is 68.0 cm³/mol. The summed E-state index contributed by atoms with van der Waals surface area (Å²) in [7, 11) is 0. The topological polar surface area (TPSA) is 20.2 Å². The first kappa shape index (κ1) is 15.0. The molecule has 1 nitrogen and oxygen atoms in total. The van der Waals surface area contributed by atoms with Gasteiger partial charge in [0.05, 0.1) is 6.10 Å². The zero-order valence-electron chi connectivity index (χ0n) is 11.1. The first-order valence-electron chi connectivity index (χ1n) is 6.79. The van der Waals surface area contributed by atoms with Gasteiger partial charge in [-0.2, -0.15) is 0 Å². The predicted octanol–water partition coefficient (Wildman–Crippen LogP) is 4.39. The number of unbranched alkanes of at least 4 members (excludes halogenated alkanes) is 2. The van der Waals surface area contributed by atoms with Gasteiger partial charge in [0.25, 0.3) is 0 Å². The molecule has 15 heavy (non-hydrogen) atoms. The fourth-order valence-electron chi connectivity index (χ4n) is 2.12. The average molecular weight is 214 g/mol. The van der Waals surface area contributed by atoms with Crippen LogP contribution in [0.25, 0.3) is 0 Å². The molecule has 1 N–H and O–H groups in total. The van der Waals surface area contributed by atoms with Crippen LogP contribution in [0.5, 0.6) is 0 Å². The number of hydrogen-bond acceptors (Lipinski definition) is 1. The van der Waals surface area contributed by atoms with Gasteiger partial charge < -0.3 is 5.11 Å². The van der Waals surface area contributed by atoms with Crippen LogP contribution in [0.15, 0.2) is 0 Å². The van der Waals surface area contributed by atoms with Crippen LogP contribution in [0.2, 0.25) is 0 Å². The number of hydrogen-bond donors (Lipinski definition) is 1. The summed E-state index contributed by atoms with van der Waals surface area (Å²) < 4.78 is 0. The fourth-order valence-corrected chi connectivity index (χ4v) is 2.12. The van der Waals surface area contributed by atoms with E-state index in [1.165, 1.54) is 32.1 Å². The number of aliphatic hydroxyl groups excluding tert-OH is 1. The smallest absolute Gasteiger partial charge is 0.0540 e. The Balaban J connectivity index is 0.000000336. The lowest BCUT2D eigenvalue weighted by Crippen LogP contribution is -2.21. The molecule has 1 rings (SSSR count). The summed E-state index contributed by atoms with van der Waals surface area (Å²) in [6, 6.07) is 0. The van der Waals surface area contributed by atoms with Gasteiger partial charge in [-0.3, -0.25) is 0 Å². The number of aliphatic hydroxyl groups is 1. The van der Waals surface area contributed by atoms with Crippen molar-refractivity contribution in [3.8, 4) is 0 Å². The van der Waals surface area contributed by atoms with Crippen molar-refractivity contribution in [3.63, 3.8) is 0 Å². The van der Waals surface area contributed by atoms with Crippen LogP contribution in [0, 0.1) is 11.8 Å². The van der Waals surface area contributed by atoms with E-state index >= 15 is 0 Å². The molecule has 1 saturated carbocycles. The van der Waals surface area contributed by atoms with Crippen LogP contribution in [0.3, 0.4) is 0 Å². The van der Waals surface area contributed by atoms with Crippen LogP contribution in [-0.4, -0.2) is 11.2 Å². The fraction of sp³-hybridized carbons (Fsp3) is 1.00. The molecule has 0 bridgehead atoms. The Morgan fingerprint density at radius 3 is 1.73 bits per heavy atom. The van der Waals surface area contributed by atoms with E-state index in [1.54, 1.807) is 0 Å².